The van der Waals surface area contributed by atoms with E-state index in [0.29, 0.717) is 17.1 Å². The van der Waals surface area contributed by atoms with Crippen molar-refractivity contribution in [1.82, 2.24) is 15.0 Å². The molecule has 2 heterocycles. The van der Waals surface area contributed by atoms with Crippen LogP contribution in [0.25, 0.3) is 6.08 Å². The molecule has 3 rings (SSSR count). The summed E-state index contributed by atoms with van der Waals surface area (Å²) in [6.45, 7) is 11.0. The summed E-state index contributed by atoms with van der Waals surface area (Å²) in [5, 5.41) is 15.2. The molecule has 0 bridgehead atoms. The minimum atomic E-state index is -4.57. The highest BCUT2D eigenvalue weighted by Gasteiger charge is 2.37. The molecule has 0 atom stereocenters. The van der Waals surface area contributed by atoms with Crippen molar-refractivity contribution < 1.29 is 13.2 Å². The van der Waals surface area contributed by atoms with E-state index in [1.165, 1.54) is 18.5 Å². The molecule has 1 aliphatic rings. The molecule has 2 aromatic rings. The average Bonchev–Trinajstić information content (AvgIpc) is 3.52. The maximum atomic E-state index is 13.3. The Balaban J connectivity index is 2.00. The molecule has 0 spiro atoms. The highest BCUT2D eigenvalue weighted by atomic mass is 19.4. The van der Waals surface area contributed by atoms with E-state index in [4.69, 9.17) is 0 Å². The third kappa shape index (κ3) is 4.77. The first-order valence-corrected chi connectivity index (χ1v) is 9.53. The van der Waals surface area contributed by atoms with Crippen LogP contribution < -0.4 is 15.5 Å². The van der Waals surface area contributed by atoms with E-state index in [-0.39, 0.29) is 17.8 Å². The van der Waals surface area contributed by atoms with Gasteiger partial charge >= 0.3 is 6.18 Å². The Labute approximate surface area is 178 Å². The van der Waals surface area contributed by atoms with Gasteiger partial charge in [-0.1, -0.05) is 19.2 Å². The molecule has 2 aromatic heterocycles. The summed E-state index contributed by atoms with van der Waals surface area (Å²) >= 11 is 0. The average molecular weight is 429 g/mol. The standard InChI is InChI=1S/C21H22F3N7/c1-5-14-16(9-10-26-18(14)31(6-2)20(3,4)12-25)29-19-27-11-15(21(22,23)24)17(30-19)28-13-7-8-13/h5-6,9-11,13H,1-2,7-8H2,3-4H3,(H2,26,27,28,29,30). The lowest BCUT2D eigenvalue weighted by molar-refractivity contribution is -0.137. The smallest absolute Gasteiger partial charge is 0.367 e. The van der Waals surface area contributed by atoms with E-state index in [9.17, 15) is 18.4 Å². The van der Waals surface area contributed by atoms with E-state index < -0.39 is 17.3 Å². The van der Waals surface area contributed by atoms with Gasteiger partial charge < -0.3 is 15.5 Å². The first kappa shape index (κ1) is 22.1. The summed E-state index contributed by atoms with van der Waals surface area (Å²) in [6.07, 6.45) is 2.29. The molecule has 1 saturated carbocycles. The lowest BCUT2D eigenvalue weighted by Gasteiger charge is -2.32. The molecule has 0 aromatic carbocycles. The second-order valence-electron chi connectivity index (χ2n) is 7.52. The summed E-state index contributed by atoms with van der Waals surface area (Å²) in [5.41, 5.74) is -0.876. The lowest BCUT2D eigenvalue weighted by Crippen LogP contribution is -2.39. The topological polar surface area (TPSA) is 89.8 Å². The van der Waals surface area contributed by atoms with Gasteiger partial charge in [0.2, 0.25) is 5.95 Å². The molecule has 0 saturated heterocycles. The van der Waals surface area contributed by atoms with Crippen LogP contribution in [-0.4, -0.2) is 26.5 Å². The zero-order chi connectivity index (χ0) is 22.8. The van der Waals surface area contributed by atoms with Gasteiger partial charge in [-0.25, -0.2) is 9.97 Å². The zero-order valence-corrected chi connectivity index (χ0v) is 17.2. The minimum absolute atomic E-state index is 0.0129. The highest BCUT2D eigenvalue weighted by Crippen LogP contribution is 2.37. The van der Waals surface area contributed by atoms with Crippen LogP contribution in [0.2, 0.25) is 0 Å². The van der Waals surface area contributed by atoms with Gasteiger partial charge in [0.1, 0.15) is 22.7 Å². The SMILES string of the molecule is C=Cc1c(Nc2ncc(C(F)(F)F)c(NC3CC3)n2)ccnc1N(C=C)C(C)(C)C#N. The van der Waals surface area contributed by atoms with Crippen molar-refractivity contribution in [2.75, 3.05) is 15.5 Å². The molecule has 7 nitrogen and oxygen atoms in total. The van der Waals surface area contributed by atoms with Gasteiger partial charge in [0.15, 0.2) is 0 Å². The second kappa shape index (κ2) is 8.26. The van der Waals surface area contributed by atoms with Crippen LogP contribution in [0, 0.1) is 11.3 Å². The fourth-order valence-electron chi connectivity index (χ4n) is 2.90. The van der Waals surface area contributed by atoms with Crippen molar-refractivity contribution in [2.45, 2.75) is 44.4 Å². The molecule has 0 aliphatic heterocycles. The van der Waals surface area contributed by atoms with Gasteiger partial charge in [0.25, 0.3) is 0 Å². The predicted octanol–water partition coefficient (Wildman–Crippen LogP) is 5.10. The van der Waals surface area contributed by atoms with Crippen molar-refractivity contribution in [3.05, 3.63) is 48.9 Å². The highest BCUT2D eigenvalue weighted by molar-refractivity contribution is 5.79. The quantitative estimate of drug-likeness (QED) is 0.603. The van der Waals surface area contributed by atoms with Gasteiger partial charge in [-0.2, -0.15) is 23.4 Å². The number of nitrogens with zero attached hydrogens (tertiary/aromatic N) is 5. The Morgan fingerprint density at radius 3 is 2.52 bits per heavy atom. The number of hydrogen-bond acceptors (Lipinski definition) is 7. The van der Waals surface area contributed by atoms with Crippen molar-refractivity contribution in [1.29, 1.82) is 5.26 Å². The Morgan fingerprint density at radius 1 is 1.26 bits per heavy atom. The van der Waals surface area contributed by atoms with E-state index >= 15 is 0 Å². The monoisotopic (exact) mass is 429 g/mol. The van der Waals surface area contributed by atoms with E-state index in [1.807, 2.05) is 0 Å². The van der Waals surface area contributed by atoms with Gasteiger partial charge in [-0.05, 0) is 39.0 Å². The maximum absolute atomic E-state index is 13.3. The zero-order valence-electron chi connectivity index (χ0n) is 17.2. The molecule has 0 radical (unpaired) electrons. The maximum Gasteiger partial charge on any atom is 0.421 e. The van der Waals surface area contributed by atoms with Gasteiger partial charge in [-0.3, -0.25) is 0 Å². The van der Waals surface area contributed by atoms with Gasteiger partial charge in [-0.15, -0.1) is 0 Å². The molecule has 1 aliphatic carbocycles. The summed E-state index contributed by atoms with van der Waals surface area (Å²) < 4.78 is 40.0. The number of rotatable bonds is 8. The number of nitrogens with one attached hydrogen (secondary N) is 2. The van der Waals surface area contributed by atoms with Crippen molar-refractivity contribution in [3.8, 4) is 6.07 Å². The van der Waals surface area contributed by atoms with E-state index in [0.717, 1.165) is 19.0 Å². The number of nitriles is 1. The van der Waals surface area contributed by atoms with E-state index in [2.05, 4.69) is 44.8 Å². The molecular weight excluding hydrogens is 407 g/mol. The van der Waals surface area contributed by atoms with Crippen LogP contribution in [0.15, 0.2) is 37.8 Å². The third-order valence-electron chi connectivity index (χ3n) is 4.72. The molecule has 0 amide bonds. The first-order valence-electron chi connectivity index (χ1n) is 9.53. The summed E-state index contributed by atoms with van der Waals surface area (Å²) in [6, 6.07) is 3.79. The fourth-order valence-corrected chi connectivity index (χ4v) is 2.90. The van der Waals surface area contributed by atoms with Crippen LogP contribution in [0.3, 0.4) is 0 Å². The largest absolute Gasteiger partial charge is 0.421 e. The van der Waals surface area contributed by atoms with Crippen LogP contribution >= 0.6 is 0 Å². The third-order valence-corrected chi connectivity index (χ3v) is 4.72. The number of aromatic nitrogens is 3. The van der Waals surface area contributed by atoms with Crippen molar-refractivity contribution >= 4 is 29.3 Å². The molecule has 2 N–H and O–H groups in total. The summed E-state index contributed by atoms with van der Waals surface area (Å²) in [5.74, 6) is 0.131. The number of pyridine rings is 1. The van der Waals surface area contributed by atoms with Crippen molar-refractivity contribution in [2.24, 2.45) is 0 Å². The van der Waals surface area contributed by atoms with Crippen LogP contribution in [0.5, 0.6) is 0 Å². The van der Waals surface area contributed by atoms with Gasteiger partial charge in [0, 0.05) is 24.0 Å². The normalized spacial score (nSPS) is 13.8. The Bertz CT molecular complexity index is 1040. The van der Waals surface area contributed by atoms with E-state index in [1.54, 1.807) is 24.8 Å². The summed E-state index contributed by atoms with van der Waals surface area (Å²) in [7, 11) is 0. The molecule has 162 valence electrons. The van der Waals surface area contributed by atoms with Gasteiger partial charge in [0.05, 0.1) is 11.8 Å². The second-order valence-corrected chi connectivity index (χ2v) is 7.52. The van der Waals surface area contributed by atoms with Crippen LogP contribution in [0.4, 0.5) is 36.4 Å². The molecule has 31 heavy (non-hydrogen) atoms. The number of hydrogen-bond donors (Lipinski definition) is 2. The lowest BCUT2D eigenvalue weighted by atomic mass is 10.0. The molecule has 1 fully saturated rings. The van der Waals surface area contributed by atoms with Crippen LogP contribution in [-0.2, 0) is 6.18 Å². The Hall–Kier alpha value is -3.61. The minimum Gasteiger partial charge on any atom is -0.367 e. The Morgan fingerprint density at radius 2 is 1.97 bits per heavy atom. The molecule has 10 heteroatoms. The predicted molar refractivity (Wildman–Crippen MR) is 114 cm³/mol. The van der Waals surface area contributed by atoms with Crippen molar-refractivity contribution in [3.63, 3.8) is 0 Å². The number of anilines is 4. The number of alkyl halides is 3. The van der Waals surface area contributed by atoms with Crippen LogP contribution in [0.1, 0.15) is 37.8 Å². The molecular formula is C21H22F3N7. The number of halogens is 3. The fraction of sp³-hybridized carbons (Fsp3) is 0.333. The first-order chi connectivity index (χ1) is 14.6. The Kier molecular flexibility index (Phi) is 5.88. The summed E-state index contributed by atoms with van der Waals surface area (Å²) in [4.78, 5) is 13.8. The molecule has 0 unspecified atom stereocenters.